The molecule has 2 aromatic carbocycles. The third-order valence-electron chi connectivity index (χ3n) is 7.49. The molecule has 0 aromatic heterocycles. The zero-order valence-electron chi connectivity index (χ0n) is 27.4. The minimum absolute atomic E-state index is 0.0378. The van der Waals surface area contributed by atoms with Crippen LogP contribution in [0.1, 0.15) is 39.2 Å². The van der Waals surface area contributed by atoms with Crippen molar-refractivity contribution >= 4 is 17.6 Å². The number of ether oxygens (including phenoxy) is 3. The van der Waals surface area contributed by atoms with Gasteiger partial charge in [-0.1, -0.05) is 30.3 Å². The maximum absolute atomic E-state index is 13.5. The molecule has 1 heterocycles. The van der Waals surface area contributed by atoms with E-state index in [2.05, 4.69) is 17.2 Å². The van der Waals surface area contributed by atoms with Gasteiger partial charge in [0.15, 0.2) is 11.5 Å². The summed E-state index contributed by atoms with van der Waals surface area (Å²) in [6, 6.07) is 12.8. The molecule has 0 saturated heterocycles. The zero-order valence-corrected chi connectivity index (χ0v) is 27.4. The number of nitrogens with zero attached hydrogens (tertiary/aromatic N) is 2. The third kappa shape index (κ3) is 9.88. The van der Waals surface area contributed by atoms with Crippen LogP contribution in [0.2, 0.25) is 0 Å². The first-order chi connectivity index (χ1) is 22.3. The first kappa shape index (κ1) is 36.7. The van der Waals surface area contributed by atoms with Crippen molar-refractivity contribution < 1.29 is 38.9 Å². The number of nitro groups is 1. The number of carbonyl (C=O) groups excluding carboxylic acids is 1. The molecule has 0 fully saturated rings. The normalized spacial score (nSPS) is 15.6. The summed E-state index contributed by atoms with van der Waals surface area (Å²) in [7, 11) is 1.54. The Labute approximate surface area is 274 Å². The van der Waals surface area contributed by atoms with E-state index in [4.69, 9.17) is 14.2 Å². The molecule has 2 unspecified atom stereocenters. The molecule has 3 rings (SSSR count). The largest absolute Gasteiger partial charge is 0.493 e. The number of dihydropyridines is 1. The highest BCUT2D eigenvalue weighted by Gasteiger charge is 2.39. The molecule has 0 saturated carbocycles. The highest BCUT2D eigenvalue weighted by atomic mass is 16.6. The standard InChI is InChI=1S/C34H44N4O9/c1-7-16-37(21-34(4,5)35-18-25(39)20-47-28-15-10-9-14-27(28)45-6)19-26-31(33(42)46-8-2)30(29(32(40)41)22(3)36-26)23-12-11-13-24(17-23)38(43)44/h7,9-15,17,25,30,35-36,39H,1,8,16,18-21H2,2-6H3,(H,40,41). The maximum Gasteiger partial charge on any atom is 0.336 e. The van der Waals surface area contributed by atoms with Crippen LogP contribution in [0.15, 0.2) is 83.7 Å². The van der Waals surface area contributed by atoms with Crippen molar-refractivity contribution in [1.82, 2.24) is 15.5 Å². The lowest BCUT2D eigenvalue weighted by atomic mass is 9.80. The number of aliphatic hydroxyl groups excluding tert-OH is 1. The van der Waals surface area contributed by atoms with E-state index in [9.17, 15) is 29.9 Å². The fraction of sp³-hybridized carbons (Fsp3) is 0.412. The van der Waals surface area contributed by atoms with Crippen molar-refractivity contribution in [1.29, 1.82) is 0 Å². The molecule has 2 atom stereocenters. The third-order valence-corrected chi connectivity index (χ3v) is 7.49. The van der Waals surface area contributed by atoms with Gasteiger partial charge < -0.3 is 35.1 Å². The van der Waals surface area contributed by atoms with Gasteiger partial charge in [0.1, 0.15) is 12.7 Å². The van der Waals surface area contributed by atoms with Gasteiger partial charge in [0.05, 0.1) is 35.7 Å². The Hall–Kier alpha value is -4.72. The SMILES string of the molecule is C=CCN(CC1=C(C(=O)OCC)C(c2cccc([N+](=O)[O-])c2)C(C(=O)O)=C(C)N1)CC(C)(C)NCC(O)COc1ccccc1OC. The summed E-state index contributed by atoms with van der Waals surface area (Å²) in [6.07, 6.45) is 0.881. The Kier molecular flexibility index (Phi) is 13.1. The number of allylic oxidation sites excluding steroid dienone is 1. The van der Waals surface area contributed by atoms with Crippen LogP contribution in [-0.2, 0) is 14.3 Å². The Bertz CT molecular complexity index is 1520. The van der Waals surface area contributed by atoms with E-state index in [-0.39, 0.29) is 48.7 Å². The van der Waals surface area contributed by atoms with Gasteiger partial charge in [-0.25, -0.2) is 9.59 Å². The molecule has 0 radical (unpaired) electrons. The number of rotatable bonds is 18. The van der Waals surface area contributed by atoms with E-state index in [1.807, 2.05) is 30.9 Å². The summed E-state index contributed by atoms with van der Waals surface area (Å²) in [5, 5.41) is 38.9. The molecule has 13 heteroatoms. The van der Waals surface area contributed by atoms with E-state index in [0.29, 0.717) is 36.0 Å². The molecule has 4 N–H and O–H groups in total. The highest BCUT2D eigenvalue weighted by molar-refractivity contribution is 5.99. The molecule has 254 valence electrons. The second kappa shape index (κ2) is 16.7. The lowest BCUT2D eigenvalue weighted by Gasteiger charge is -2.36. The average molecular weight is 653 g/mol. The molecule has 0 amide bonds. The highest BCUT2D eigenvalue weighted by Crippen LogP contribution is 2.40. The molecule has 2 aromatic rings. The molecular formula is C34H44N4O9. The predicted octanol–water partition coefficient (Wildman–Crippen LogP) is 3.76. The number of nitrogens with one attached hydrogen (secondary N) is 2. The van der Waals surface area contributed by atoms with Crippen LogP contribution < -0.4 is 20.1 Å². The smallest absolute Gasteiger partial charge is 0.336 e. The lowest BCUT2D eigenvalue weighted by molar-refractivity contribution is -0.384. The van der Waals surface area contributed by atoms with Crippen molar-refractivity contribution in [3.05, 3.63) is 99.4 Å². The van der Waals surface area contributed by atoms with Crippen molar-refractivity contribution in [2.45, 2.75) is 45.3 Å². The second-order valence-corrected chi connectivity index (χ2v) is 11.7. The van der Waals surface area contributed by atoms with Crippen molar-refractivity contribution in [3.63, 3.8) is 0 Å². The number of aliphatic carboxylic acids is 1. The molecule has 1 aliphatic heterocycles. The van der Waals surface area contributed by atoms with Crippen LogP contribution >= 0.6 is 0 Å². The van der Waals surface area contributed by atoms with Crippen LogP contribution in [0.4, 0.5) is 5.69 Å². The first-order valence-electron chi connectivity index (χ1n) is 15.2. The average Bonchev–Trinajstić information content (AvgIpc) is 3.02. The number of non-ortho nitro benzene ring substituents is 1. The number of methoxy groups -OCH3 is 1. The number of carbonyl (C=O) groups is 2. The molecule has 1 aliphatic rings. The van der Waals surface area contributed by atoms with Crippen LogP contribution in [0, 0.1) is 10.1 Å². The Morgan fingerprint density at radius 3 is 2.51 bits per heavy atom. The summed E-state index contributed by atoms with van der Waals surface area (Å²) in [6.45, 7) is 12.3. The number of aliphatic hydroxyl groups is 1. The Morgan fingerprint density at radius 2 is 1.89 bits per heavy atom. The predicted molar refractivity (Wildman–Crippen MR) is 176 cm³/mol. The Morgan fingerprint density at radius 1 is 1.19 bits per heavy atom. The van der Waals surface area contributed by atoms with Gasteiger partial charge in [-0.2, -0.15) is 0 Å². The zero-order chi connectivity index (χ0) is 34.7. The molecule has 0 spiro atoms. The topological polar surface area (TPSA) is 173 Å². The number of para-hydroxylation sites is 2. The monoisotopic (exact) mass is 652 g/mol. The number of carboxylic acid groups (broad SMARTS) is 1. The van der Waals surface area contributed by atoms with Crippen molar-refractivity contribution in [2.75, 3.05) is 46.5 Å². The minimum atomic E-state index is -1.27. The van der Waals surface area contributed by atoms with E-state index < -0.39 is 34.4 Å². The number of nitro benzene ring substituents is 1. The molecule has 0 aliphatic carbocycles. The minimum Gasteiger partial charge on any atom is -0.493 e. The van der Waals surface area contributed by atoms with Gasteiger partial charge in [0.2, 0.25) is 0 Å². The van der Waals surface area contributed by atoms with Crippen LogP contribution in [0.25, 0.3) is 0 Å². The Balaban J connectivity index is 1.88. The van der Waals surface area contributed by atoms with Gasteiger partial charge in [0.25, 0.3) is 5.69 Å². The fourth-order valence-corrected chi connectivity index (χ4v) is 5.49. The summed E-state index contributed by atoms with van der Waals surface area (Å²) >= 11 is 0. The summed E-state index contributed by atoms with van der Waals surface area (Å²) in [5.74, 6) is -2.04. The summed E-state index contributed by atoms with van der Waals surface area (Å²) < 4.78 is 16.4. The van der Waals surface area contributed by atoms with Crippen LogP contribution in [0.3, 0.4) is 0 Å². The van der Waals surface area contributed by atoms with E-state index in [0.717, 1.165) is 0 Å². The number of β-amino-alcohol motifs (C(OH)–C–C–N with tert-alkyl or cyclic N) is 1. The molecule has 0 bridgehead atoms. The van der Waals surface area contributed by atoms with Gasteiger partial charge in [-0.3, -0.25) is 15.0 Å². The second-order valence-electron chi connectivity index (χ2n) is 11.7. The number of carboxylic acids is 1. The molecule has 47 heavy (non-hydrogen) atoms. The quantitative estimate of drug-likeness (QED) is 0.0796. The van der Waals surface area contributed by atoms with Gasteiger partial charge in [-0.05, 0) is 45.4 Å². The lowest BCUT2D eigenvalue weighted by Crippen LogP contribution is -2.52. The summed E-state index contributed by atoms with van der Waals surface area (Å²) in [4.78, 5) is 39.1. The van der Waals surface area contributed by atoms with Gasteiger partial charge >= 0.3 is 11.9 Å². The number of esters is 1. The van der Waals surface area contributed by atoms with Crippen molar-refractivity contribution in [3.8, 4) is 11.5 Å². The first-order valence-corrected chi connectivity index (χ1v) is 15.2. The number of hydrogen-bond acceptors (Lipinski definition) is 11. The van der Waals surface area contributed by atoms with Crippen molar-refractivity contribution in [2.24, 2.45) is 0 Å². The summed E-state index contributed by atoms with van der Waals surface area (Å²) in [5.41, 5.74) is 0.142. The van der Waals surface area contributed by atoms with E-state index >= 15 is 0 Å². The van der Waals surface area contributed by atoms with Gasteiger partial charge in [-0.15, -0.1) is 6.58 Å². The van der Waals surface area contributed by atoms with E-state index in [1.165, 1.54) is 18.2 Å². The fourth-order valence-electron chi connectivity index (χ4n) is 5.49. The van der Waals surface area contributed by atoms with Crippen LogP contribution in [0.5, 0.6) is 11.5 Å². The maximum atomic E-state index is 13.5. The molecule has 13 nitrogen and oxygen atoms in total. The number of benzene rings is 2. The van der Waals surface area contributed by atoms with E-state index in [1.54, 1.807) is 45.2 Å². The van der Waals surface area contributed by atoms with Crippen LogP contribution in [-0.4, -0.2) is 90.1 Å². The number of hydrogen-bond donors (Lipinski definition) is 4. The van der Waals surface area contributed by atoms with Gasteiger partial charge in [0, 0.05) is 55.2 Å². The molecular weight excluding hydrogens is 608 g/mol.